The van der Waals surface area contributed by atoms with Crippen LogP contribution in [0.3, 0.4) is 0 Å². The molecule has 1 amide bonds. The summed E-state index contributed by atoms with van der Waals surface area (Å²) in [6, 6.07) is 9.73. The van der Waals surface area contributed by atoms with E-state index >= 15 is 0 Å². The van der Waals surface area contributed by atoms with E-state index in [0.717, 1.165) is 11.3 Å². The number of rotatable bonds is 7. The summed E-state index contributed by atoms with van der Waals surface area (Å²) in [5, 5.41) is 11.6. The maximum absolute atomic E-state index is 13.4. The van der Waals surface area contributed by atoms with Crippen molar-refractivity contribution >= 4 is 23.5 Å². The molecule has 0 aliphatic rings. The van der Waals surface area contributed by atoms with Gasteiger partial charge < -0.3 is 10.4 Å². The molecule has 0 saturated heterocycles. The van der Waals surface area contributed by atoms with Gasteiger partial charge in [-0.05, 0) is 49.2 Å². The molecule has 1 aromatic carbocycles. The molecule has 0 fully saturated rings. The van der Waals surface area contributed by atoms with Gasteiger partial charge in [-0.15, -0.1) is 0 Å². The molecule has 0 spiro atoms. The molecule has 0 radical (unpaired) electrons. The number of aromatic nitrogens is 1. The minimum atomic E-state index is -0.884. The van der Waals surface area contributed by atoms with Crippen LogP contribution in [0.2, 0.25) is 0 Å². The van der Waals surface area contributed by atoms with Gasteiger partial charge in [0, 0.05) is 17.7 Å². The number of nitrogens with one attached hydrogen (secondary N) is 1. The van der Waals surface area contributed by atoms with Crippen molar-refractivity contribution in [2.75, 3.05) is 17.7 Å². The highest BCUT2D eigenvalue weighted by atomic mass is 32.2. The van der Waals surface area contributed by atoms with Crippen LogP contribution in [0.5, 0.6) is 0 Å². The molecule has 2 rings (SSSR count). The first-order valence-corrected chi connectivity index (χ1v) is 8.80. The largest absolute Gasteiger partial charge is 0.396 e. The smallest absolute Gasteiger partial charge is 0.235 e. The van der Waals surface area contributed by atoms with E-state index in [1.807, 2.05) is 12.1 Å². The maximum atomic E-state index is 13.4. The summed E-state index contributed by atoms with van der Waals surface area (Å²) in [4.78, 5) is 16.8. The molecule has 2 aromatic rings. The predicted molar refractivity (Wildman–Crippen MR) is 95.5 cm³/mol. The van der Waals surface area contributed by atoms with Crippen LogP contribution in [-0.4, -0.2) is 28.4 Å². The van der Waals surface area contributed by atoms with Crippen molar-refractivity contribution in [2.45, 2.75) is 25.0 Å². The van der Waals surface area contributed by atoms with Gasteiger partial charge >= 0.3 is 0 Å². The van der Waals surface area contributed by atoms with Gasteiger partial charge in [0.1, 0.15) is 11.6 Å². The third kappa shape index (κ3) is 4.79. The molecule has 1 heterocycles. The Morgan fingerprint density at radius 1 is 1.33 bits per heavy atom. The third-order valence-electron chi connectivity index (χ3n) is 3.68. The number of halogens is 1. The number of carbonyl (C=O) groups is 1. The molecule has 0 aliphatic carbocycles. The fourth-order valence-electron chi connectivity index (χ4n) is 2.17. The van der Waals surface area contributed by atoms with Crippen LogP contribution in [0.25, 0.3) is 0 Å². The number of aliphatic hydroxyl groups excluding tert-OH is 1. The Morgan fingerprint density at radius 3 is 2.83 bits per heavy atom. The lowest BCUT2D eigenvalue weighted by Gasteiger charge is -2.24. The van der Waals surface area contributed by atoms with E-state index in [1.54, 1.807) is 43.9 Å². The molecule has 0 aliphatic heterocycles. The van der Waals surface area contributed by atoms with Crippen LogP contribution in [0.4, 0.5) is 10.2 Å². The molecule has 1 aromatic heterocycles. The fourth-order valence-corrected chi connectivity index (χ4v) is 2.86. The van der Waals surface area contributed by atoms with Crippen LogP contribution >= 0.6 is 11.8 Å². The number of carbonyl (C=O) groups excluding carboxylic acids is 1. The summed E-state index contributed by atoms with van der Waals surface area (Å²) >= 11 is 1.61. The normalized spacial score (nSPS) is 11.3. The number of aliphatic hydroxyl groups is 1. The first-order chi connectivity index (χ1) is 11.4. The number of hydrogen-bond acceptors (Lipinski definition) is 4. The Hall–Kier alpha value is -1.92. The molecule has 4 nitrogen and oxygen atoms in total. The molecule has 128 valence electrons. The van der Waals surface area contributed by atoms with Crippen LogP contribution in [-0.2, 0) is 16.0 Å². The Bertz CT molecular complexity index is 707. The lowest BCUT2D eigenvalue weighted by Crippen LogP contribution is -2.35. The molecular weight excluding hydrogens is 327 g/mol. The number of thioether (sulfide) groups is 1. The molecule has 24 heavy (non-hydrogen) atoms. The molecule has 0 bridgehead atoms. The van der Waals surface area contributed by atoms with E-state index in [-0.39, 0.29) is 18.3 Å². The zero-order chi connectivity index (χ0) is 17.6. The van der Waals surface area contributed by atoms with Crippen molar-refractivity contribution in [3.63, 3.8) is 0 Å². The molecule has 0 atom stereocenters. The van der Waals surface area contributed by atoms with Crippen LogP contribution in [0.15, 0.2) is 42.6 Å². The number of amides is 1. The second-order valence-electron chi connectivity index (χ2n) is 5.91. The van der Waals surface area contributed by atoms with Gasteiger partial charge in [0.2, 0.25) is 5.91 Å². The van der Waals surface area contributed by atoms with Gasteiger partial charge in [-0.1, -0.05) is 12.1 Å². The number of nitrogens with zero attached hydrogens (tertiary/aromatic N) is 1. The highest BCUT2D eigenvalue weighted by Crippen LogP contribution is 2.25. The molecule has 0 unspecified atom stereocenters. The van der Waals surface area contributed by atoms with Crippen molar-refractivity contribution < 1.29 is 14.3 Å². The average Bonchev–Trinajstić information content (AvgIpc) is 2.55. The first kappa shape index (κ1) is 18.4. The van der Waals surface area contributed by atoms with Gasteiger partial charge in [-0.2, -0.15) is 11.8 Å². The molecular formula is C18H21FN2O2S. The maximum Gasteiger partial charge on any atom is 0.235 e. The van der Waals surface area contributed by atoms with Crippen LogP contribution in [0.1, 0.15) is 25.0 Å². The van der Waals surface area contributed by atoms with E-state index in [2.05, 4.69) is 10.3 Å². The van der Waals surface area contributed by atoms with Crippen LogP contribution < -0.4 is 5.32 Å². The SMILES string of the molecule is CC(C)(C(=O)Nc1cc(CSCCO)ccn1)c1cccc(F)c1. The standard InChI is InChI=1S/C18H21FN2O2S/c1-18(2,14-4-3-5-15(19)11-14)17(23)21-16-10-13(6-7-20-16)12-24-9-8-22/h3-7,10-11,22H,8-9,12H2,1-2H3,(H,20,21,23). The summed E-state index contributed by atoms with van der Waals surface area (Å²) in [7, 11) is 0. The highest BCUT2D eigenvalue weighted by molar-refractivity contribution is 7.98. The topological polar surface area (TPSA) is 62.2 Å². The molecule has 2 N–H and O–H groups in total. The van der Waals surface area contributed by atoms with Crippen molar-refractivity contribution in [2.24, 2.45) is 0 Å². The van der Waals surface area contributed by atoms with Gasteiger partial charge in [0.25, 0.3) is 0 Å². The van der Waals surface area contributed by atoms with Crippen molar-refractivity contribution in [3.8, 4) is 0 Å². The van der Waals surface area contributed by atoms with E-state index in [4.69, 9.17) is 5.11 Å². The number of anilines is 1. The Labute approximate surface area is 145 Å². The predicted octanol–water partition coefficient (Wildman–Crippen LogP) is 3.36. The minimum Gasteiger partial charge on any atom is -0.396 e. The number of hydrogen-bond donors (Lipinski definition) is 2. The lowest BCUT2D eigenvalue weighted by atomic mass is 9.83. The average molecular weight is 348 g/mol. The van der Waals surface area contributed by atoms with Gasteiger partial charge in [-0.25, -0.2) is 9.37 Å². The summed E-state index contributed by atoms with van der Waals surface area (Å²) < 4.78 is 13.4. The van der Waals surface area contributed by atoms with Gasteiger partial charge in [0.05, 0.1) is 12.0 Å². The van der Waals surface area contributed by atoms with E-state index in [9.17, 15) is 9.18 Å². The Kier molecular flexibility index (Phi) is 6.34. The molecule has 0 saturated carbocycles. The van der Waals surface area contributed by atoms with E-state index < -0.39 is 5.41 Å². The quantitative estimate of drug-likeness (QED) is 0.753. The minimum absolute atomic E-state index is 0.140. The number of pyridine rings is 1. The second-order valence-corrected chi connectivity index (χ2v) is 7.02. The molecule has 6 heteroatoms. The summed E-state index contributed by atoms with van der Waals surface area (Å²) in [5.41, 5.74) is 0.739. The van der Waals surface area contributed by atoms with Crippen molar-refractivity contribution in [1.82, 2.24) is 4.98 Å². The van der Waals surface area contributed by atoms with Crippen molar-refractivity contribution in [1.29, 1.82) is 0 Å². The second kappa shape index (κ2) is 8.26. The third-order valence-corrected chi connectivity index (χ3v) is 4.69. The summed E-state index contributed by atoms with van der Waals surface area (Å²) in [5.74, 6) is 1.25. The van der Waals surface area contributed by atoms with Crippen molar-refractivity contribution in [3.05, 3.63) is 59.5 Å². The number of benzene rings is 1. The lowest BCUT2D eigenvalue weighted by molar-refractivity contribution is -0.120. The first-order valence-electron chi connectivity index (χ1n) is 7.64. The van der Waals surface area contributed by atoms with Gasteiger partial charge in [0.15, 0.2) is 0 Å². The monoisotopic (exact) mass is 348 g/mol. The van der Waals surface area contributed by atoms with E-state index in [1.165, 1.54) is 12.1 Å². The Balaban J connectivity index is 2.09. The van der Waals surface area contributed by atoms with Gasteiger partial charge in [-0.3, -0.25) is 4.79 Å². The highest BCUT2D eigenvalue weighted by Gasteiger charge is 2.30. The van der Waals surface area contributed by atoms with Crippen LogP contribution in [0, 0.1) is 5.82 Å². The summed E-state index contributed by atoms with van der Waals surface area (Å²) in [6.45, 7) is 3.64. The Morgan fingerprint density at radius 2 is 2.12 bits per heavy atom. The zero-order valence-corrected chi connectivity index (χ0v) is 14.6. The van der Waals surface area contributed by atoms with E-state index in [0.29, 0.717) is 17.1 Å². The summed E-state index contributed by atoms with van der Waals surface area (Å²) in [6.07, 6.45) is 1.64. The fraction of sp³-hybridized carbons (Fsp3) is 0.333. The zero-order valence-electron chi connectivity index (χ0n) is 13.8.